The number of aryl methyl sites for hydroxylation is 1. The average Bonchev–Trinajstić information content (AvgIpc) is 2.64. The minimum atomic E-state index is -0.488. The minimum Gasteiger partial charge on any atom is -0.456 e. The molecular weight excluding hydrogens is 368 g/mol. The summed E-state index contributed by atoms with van der Waals surface area (Å²) in [5.74, 6) is -0.945. The van der Waals surface area contributed by atoms with Crippen molar-refractivity contribution in [3.8, 4) is 0 Å². The second-order valence-corrected chi connectivity index (χ2v) is 7.34. The maximum absolute atomic E-state index is 11.9. The van der Waals surface area contributed by atoms with Crippen molar-refractivity contribution in [2.75, 3.05) is 11.9 Å². The number of benzene rings is 1. The third-order valence-electron chi connectivity index (χ3n) is 4.57. The van der Waals surface area contributed by atoms with Crippen molar-refractivity contribution in [1.82, 2.24) is 5.32 Å². The number of amides is 2. The van der Waals surface area contributed by atoms with E-state index in [2.05, 4.69) is 10.6 Å². The Hall–Kier alpha value is -2.08. The molecule has 0 aliphatic heterocycles. The zero-order valence-electron chi connectivity index (χ0n) is 15.7. The lowest BCUT2D eigenvalue weighted by molar-refractivity contribution is -0.147. The molecule has 1 aliphatic carbocycles. The van der Waals surface area contributed by atoms with E-state index in [1.54, 1.807) is 18.2 Å². The van der Waals surface area contributed by atoms with Crippen molar-refractivity contribution in [2.24, 2.45) is 0 Å². The number of ether oxygens (including phenoxy) is 1. The third-order valence-corrected chi connectivity index (χ3v) is 4.98. The zero-order chi connectivity index (χ0) is 19.6. The lowest BCUT2D eigenvalue weighted by atomic mass is 9.95. The Labute approximate surface area is 165 Å². The maximum Gasteiger partial charge on any atom is 0.306 e. The lowest BCUT2D eigenvalue weighted by Gasteiger charge is -2.22. The molecule has 0 spiro atoms. The van der Waals surface area contributed by atoms with Gasteiger partial charge in [-0.3, -0.25) is 14.4 Å². The number of hydrogen-bond donors (Lipinski definition) is 2. The van der Waals surface area contributed by atoms with Gasteiger partial charge in [-0.25, -0.2) is 0 Å². The normalized spacial score (nSPS) is 14.4. The Balaban J connectivity index is 1.58. The SMILES string of the molecule is Cc1ccc(NC(=O)COC(=O)CCCC(=O)NC2CCCCC2)cc1Cl. The van der Waals surface area contributed by atoms with Crippen molar-refractivity contribution in [3.63, 3.8) is 0 Å². The molecule has 0 radical (unpaired) electrons. The number of carbonyl (C=O) groups is 3. The van der Waals surface area contributed by atoms with E-state index in [4.69, 9.17) is 16.3 Å². The summed E-state index contributed by atoms with van der Waals surface area (Å²) in [5, 5.41) is 6.19. The standard InChI is InChI=1S/C20H27ClN2O4/c1-14-10-11-16(12-17(14)21)23-19(25)13-27-20(26)9-5-8-18(24)22-15-6-3-2-4-7-15/h10-12,15H,2-9,13H2,1H3,(H,22,24)(H,23,25). The topological polar surface area (TPSA) is 84.5 Å². The number of esters is 1. The van der Waals surface area contributed by atoms with Gasteiger partial charge in [-0.05, 0) is 43.9 Å². The number of rotatable bonds is 8. The lowest BCUT2D eigenvalue weighted by Crippen LogP contribution is -2.36. The fourth-order valence-corrected chi connectivity index (χ4v) is 3.21. The summed E-state index contributed by atoms with van der Waals surface area (Å²) in [6, 6.07) is 5.44. The van der Waals surface area contributed by atoms with Crippen LogP contribution < -0.4 is 10.6 Å². The Morgan fingerprint density at radius 3 is 2.56 bits per heavy atom. The molecule has 148 valence electrons. The van der Waals surface area contributed by atoms with Crippen LogP contribution in [0.1, 0.15) is 56.9 Å². The van der Waals surface area contributed by atoms with Gasteiger partial charge in [-0.15, -0.1) is 0 Å². The Morgan fingerprint density at radius 1 is 1.11 bits per heavy atom. The van der Waals surface area contributed by atoms with E-state index in [0.29, 0.717) is 23.6 Å². The van der Waals surface area contributed by atoms with E-state index in [1.165, 1.54) is 6.42 Å². The van der Waals surface area contributed by atoms with Crippen molar-refractivity contribution in [2.45, 2.75) is 64.3 Å². The molecule has 0 aromatic heterocycles. The van der Waals surface area contributed by atoms with E-state index in [-0.39, 0.29) is 25.0 Å². The summed E-state index contributed by atoms with van der Waals surface area (Å²) in [7, 11) is 0. The first-order chi connectivity index (χ1) is 12.9. The number of anilines is 1. The quantitative estimate of drug-likeness (QED) is 0.657. The largest absolute Gasteiger partial charge is 0.456 e. The van der Waals surface area contributed by atoms with Crippen molar-refractivity contribution in [3.05, 3.63) is 28.8 Å². The molecule has 1 aromatic rings. The summed E-state index contributed by atoms with van der Waals surface area (Å²) in [5.41, 5.74) is 1.46. The molecule has 1 saturated carbocycles. The van der Waals surface area contributed by atoms with Gasteiger partial charge < -0.3 is 15.4 Å². The molecular formula is C20H27ClN2O4. The predicted molar refractivity (Wildman–Crippen MR) is 105 cm³/mol. The molecule has 2 rings (SSSR count). The molecule has 2 N–H and O–H groups in total. The highest BCUT2D eigenvalue weighted by atomic mass is 35.5. The van der Waals surface area contributed by atoms with Gasteiger partial charge in [0.15, 0.2) is 6.61 Å². The number of halogens is 1. The van der Waals surface area contributed by atoms with Gasteiger partial charge in [-0.2, -0.15) is 0 Å². The van der Waals surface area contributed by atoms with Crippen molar-refractivity contribution >= 4 is 35.1 Å². The van der Waals surface area contributed by atoms with Gasteiger partial charge in [0.2, 0.25) is 5.91 Å². The number of carbonyl (C=O) groups excluding carboxylic acids is 3. The van der Waals surface area contributed by atoms with Crippen LogP contribution in [0.2, 0.25) is 5.02 Å². The monoisotopic (exact) mass is 394 g/mol. The van der Waals surface area contributed by atoms with Crippen LogP contribution in [0, 0.1) is 6.92 Å². The fourth-order valence-electron chi connectivity index (χ4n) is 3.03. The molecule has 0 bridgehead atoms. The van der Waals surface area contributed by atoms with Gasteiger partial charge in [0.25, 0.3) is 5.91 Å². The summed E-state index contributed by atoms with van der Waals surface area (Å²) in [4.78, 5) is 35.4. The fraction of sp³-hybridized carbons (Fsp3) is 0.550. The van der Waals surface area contributed by atoms with Crippen LogP contribution in [0.4, 0.5) is 5.69 Å². The van der Waals surface area contributed by atoms with Crippen molar-refractivity contribution < 1.29 is 19.1 Å². The summed E-state index contributed by atoms with van der Waals surface area (Å²) < 4.78 is 4.95. The summed E-state index contributed by atoms with van der Waals surface area (Å²) in [6.45, 7) is 1.50. The van der Waals surface area contributed by atoms with Gasteiger partial charge in [0.1, 0.15) is 0 Å². The molecule has 2 amide bonds. The molecule has 1 aromatic carbocycles. The van der Waals surface area contributed by atoms with Gasteiger partial charge in [0, 0.05) is 29.6 Å². The molecule has 1 fully saturated rings. The highest BCUT2D eigenvalue weighted by Crippen LogP contribution is 2.20. The Kier molecular flexibility index (Phi) is 8.58. The molecule has 0 heterocycles. The molecule has 27 heavy (non-hydrogen) atoms. The molecule has 0 saturated heterocycles. The van der Waals surface area contributed by atoms with E-state index in [1.807, 2.05) is 6.92 Å². The van der Waals surface area contributed by atoms with Crippen LogP contribution in [-0.2, 0) is 19.1 Å². The molecule has 0 unspecified atom stereocenters. The van der Waals surface area contributed by atoms with Crippen LogP contribution >= 0.6 is 11.6 Å². The third kappa shape index (κ3) is 7.99. The van der Waals surface area contributed by atoms with E-state index >= 15 is 0 Å². The van der Waals surface area contributed by atoms with Crippen molar-refractivity contribution in [1.29, 1.82) is 0 Å². The Bertz CT molecular complexity index is 672. The average molecular weight is 395 g/mol. The highest BCUT2D eigenvalue weighted by Gasteiger charge is 2.16. The highest BCUT2D eigenvalue weighted by molar-refractivity contribution is 6.31. The second kappa shape index (κ2) is 10.9. The van der Waals surface area contributed by atoms with Gasteiger partial charge in [0.05, 0.1) is 0 Å². The molecule has 0 atom stereocenters. The van der Waals surface area contributed by atoms with Crippen LogP contribution in [0.15, 0.2) is 18.2 Å². The molecule has 7 heteroatoms. The molecule has 1 aliphatic rings. The van der Waals surface area contributed by atoms with Crippen LogP contribution in [0.5, 0.6) is 0 Å². The van der Waals surface area contributed by atoms with E-state index in [9.17, 15) is 14.4 Å². The Morgan fingerprint density at radius 2 is 1.85 bits per heavy atom. The van der Waals surface area contributed by atoms with E-state index < -0.39 is 11.9 Å². The first kappa shape index (κ1) is 21.2. The van der Waals surface area contributed by atoms with Gasteiger partial charge in [-0.1, -0.05) is 36.9 Å². The number of hydrogen-bond acceptors (Lipinski definition) is 4. The zero-order valence-corrected chi connectivity index (χ0v) is 16.4. The summed E-state index contributed by atoms with van der Waals surface area (Å²) >= 11 is 6.00. The minimum absolute atomic E-state index is 0.0244. The maximum atomic E-state index is 11.9. The summed E-state index contributed by atoms with van der Waals surface area (Å²) in [6.07, 6.45) is 6.45. The molecule has 6 nitrogen and oxygen atoms in total. The predicted octanol–water partition coefficient (Wildman–Crippen LogP) is 3.75. The van der Waals surface area contributed by atoms with Crippen LogP contribution in [-0.4, -0.2) is 30.4 Å². The van der Waals surface area contributed by atoms with Gasteiger partial charge >= 0.3 is 5.97 Å². The first-order valence-corrected chi connectivity index (χ1v) is 9.83. The second-order valence-electron chi connectivity index (χ2n) is 6.93. The smallest absolute Gasteiger partial charge is 0.306 e. The first-order valence-electron chi connectivity index (χ1n) is 9.45. The van der Waals surface area contributed by atoms with Crippen LogP contribution in [0.3, 0.4) is 0 Å². The van der Waals surface area contributed by atoms with Crippen LogP contribution in [0.25, 0.3) is 0 Å². The van der Waals surface area contributed by atoms with E-state index in [0.717, 1.165) is 31.2 Å². The number of nitrogens with one attached hydrogen (secondary N) is 2.